The fourth-order valence-corrected chi connectivity index (χ4v) is 8.48. The second-order valence-corrected chi connectivity index (χ2v) is 12.8. The van der Waals surface area contributed by atoms with Gasteiger partial charge in [0.05, 0.1) is 22.1 Å². The molecular weight excluding hydrogens is 565 g/mol. The van der Waals surface area contributed by atoms with Gasteiger partial charge >= 0.3 is 0 Å². The number of rotatable bonds is 3. The Kier molecular flexibility index (Phi) is 5.19. The molecule has 3 aromatic heterocycles. The van der Waals surface area contributed by atoms with Gasteiger partial charge in [0.2, 0.25) is 0 Å². The Labute approximate surface area is 263 Å². The molecule has 0 aliphatic rings. The summed E-state index contributed by atoms with van der Waals surface area (Å²) in [5, 5.41) is 7.86. The minimum atomic E-state index is 1.17. The van der Waals surface area contributed by atoms with Gasteiger partial charge in [-0.05, 0) is 77.9 Å². The number of aromatic nitrogens is 2. The molecule has 0 bridgehead atoms. The van der Waals surface area contributed by atoms with Crippen LogP contribution < -0.4 is 0 Å². The van der Waals surface area contributed by atoms with Gasteiger partial charge in [0.25, 0.3) is 0 Å². The summed E-state index contributed by atoms with van der Waals surface area (Å²) < 4.78 is 7.46. The first-order valence-corrected chi connectivity index (χ1v) is 16.2. The third-order valence-electron chi connectivity index (χ3n) is 9.32. The van der Waals surface area contributed by atoms with Crippen molar-refractivity contribution in [2.45, 2.75) is 0 Å². The van der Waals surface area contributed by atoms with E-state index >= 15 is 0 Å². The molecule has 0 aliphatic heterocycles. The number of para-hydroxylation sites is 3. The molecule has 0 radical (unpaired) electrons. The second kappa shape index (κ2) is 9.43. The largest absolute Gasteiger partial charge is 0.309 e. The highest BCUT2D eigenvalue weighted by atomic mass is 32.1. The van der Waals surface area contributed by atoms with Crippen LogP contribution in [-0.4, -0.2) is 9.13 Å². The maximum atomic E-state index is 2.42. The molecule has 10 aromatic rings. The molecule has 0 unspecified atom stereocenters. The Morgan fingerprint density at radius 1 is 0.333 bits per heavy atom. The Balaban J connectivity index is 1.20. The van der Waals surface area contributed by atoms with Crippen molar-refractivity contribution in [1.29, 1.82) is 0 Å². The lowest BCUT2D eigenvalue weighted by Gasteiger charge is -2.10. The zero-order valence-corrected chi connectivity index (χ0v) is 25.1. The fourth-order valence-electron chi connectivity index (χ4n) is 7.36. The molecule has 0 fully saturated rings. The Hall–Kier alpha value is -5.64. The third kappa shape index (κ3) is 3.56. The smallest absolute Gasteiger partial charge is 0.0548 e. The minimum absolute atomic E-state index is 1.17. The van der Waals surface area contributed by atoms with Crippen LogP contribution in [0, 0.1) is 0 Å². The molecule has 2 nitrogen and oxygen atoms in total. The lowest BCUT2D eigenvalue weighted by Crippen LogP contribution is -1.94. The van der Waals surface area contributed by atoms with E-state index in [1.807, 2.05) is 11.3 Å². The number of hydrogen-bond donors (Lipinski definition) is 0. The number of thiophene rings is 1. The van der Waals surface area contributed by atoms with E-state index in [4.69, 9.17) is 0 Å². The summed E-state index contributed by atoms with van der Waals surface area (Å²) in [6, 6.07) is 57.6. The topological polar surface area (TPSA) is 9.86 Å². The van der Waals surface area contributed by atoms with Crippen LogP contribution in [0.2, 0.25) is 0 Å². The average Bonchev–Trinajstić information content (AvgIpc) is 3.76. The molecule has 3 heteroatoms. The molecule has 7 aromatic carbocycles. The van der Waals surface area contributed by atoms with E-state index in [1.54, 1.807) is 0 Å². The summed E-state index contributed by atoms with van der Waals surface area (Å²) >= 11 is 1.88. The highest BCUT2D eigenvalue weighted by Gasteiger charge is 2.18. The molecule has 0 amide bonds. The Bertz CT molecular complexity index is 2690. The van der Waals surface area contributed by atoms with Gasteiger partial charge in [-0.15, -0.1) is 11.3 Å². The van der Waals surface area contributed by atoms with Crippen LogP contribution in [-0.2, 0) is 0 Å². The summed E-state index contributed by atoms with van der Waals surface area (Å²) in [4.78, 5) is 0. The van der Waals surface area contributed by atoms with Gasteiger partial charge in [0.1, 0.15) is 0 Å². The monoisotopic (exact) mass is 590 g/mol. The highest BCUT2D eigenvalue weighted by molar-refractivity contribution is 7.26. The lowest BCUT2D eigenvalue weighted by atomic mass is 10.0. The van der Waals surface area contributed by atoms with Crippen molar-refractivity contribution in [1.82, 2.24) is 9.13 Å². The van der Waals surface area contributed by atoms with Crippen LogP contribution in [0.3, 0.4) is 0 Å². The predicted octanol–water partition coefficient (Wildman–Crippen LogP) is 11.9. The maximum absolute atomic E-state index is 2.42. The number of hydrogen-bond acceptors (Lipinski definition) is 1. The molecule has 0 saturated carbocycles. The quantitative estimate of drug-likeness (QED) is 0.194. The average molecular weight is 591 g/mol. The zero-order valence-electron chi connectivity index (χ0n) is 24.3. The summed E-state index contributed by atoms with van der Waals surface area (Å²) in [6.45, 7) is 0. The van der Waals surface area contributed by atoms with Crippen LogP contribution in [0.5, 0.6) is 0 Å². The van der Waals surface area contributed by atoms with Crippen molar-refractivity contribution in [2.24, 2.45) is 0 Å². The molecule has 0 spiro atoms. The summed E-state index contributed by atoms with van der Waals surface area (Å²) in [7, 11) is 0. The van der Waals surface area contributed by atoms with E-state index in [0.29, 0.717) is 0 Å². The van der Waals surface area contributed by atoms with Crippen molar-refractivity contribution in [3.8, 4) is 22.5 Å². The van der Waals surface area contributed by atoms with Gasteiger partial charge in [-0.25, -0.2) is 0 Å². The van der Waals surface area contributed by atoms with E-state index in [1.165, 1.54) is 86.3 Å². The van der Waals surface area contributed by atoms with E-state index in [0.717, 1.165) is 0 Å². The van der Waals surface area contributed by atoms with Crippen LogP contribution in [0.25, 0.3) is 86.3 Å². The summed E-state index contributed by atoms with van der Waals surface area (Å²) in [6.07, 6.45) is 0. The van der Waals surface area contributed by atoms with Crippen LogP contribution in [0.1, 0.15) is 0 Å². The van der Waals surface area contributed by atoms with Crippen molar-refractivity contribution < 1.29 is 0 Å². The molecular formula is C42H26N2S. The van der Waals surface area contributed by atoms with Crippen LogP contribution in [0.15, 0.2) is 158 Å². The van der Waals surface area contributed by atoms with Gasteiger partial charge in [0.15, 0.2) is 0 Å². The molecule has 0 saturated heterocycles. The second-order valence-electron chi connectivity index (χ2n) is 11.8. The first-order valence-electron chi connectivity index (χ1n) is 15.4. The number of fused-ring (bicyclic) bond motifs is 10. The standard InChI is InChI=1S/C42H26N2S/c1-2-10-29(11-3-1)44-37-23-20-28(26-34(37)41-38(44)24-25-40-42(41)33-14-6-9-17-39(33)45-40)27-18-21-30(22-19-27)43-35-15-7-4-12-31(35)32-13-5-8-16-36(32)43/h1-26H. The normalized spacial score (nSPS) is 12.0. The van der Waals surface area contributed by atoms with E-state index in [2.05, 4.69) is 167 Å². The number of nitrogens with zero attached hydrogens (tertiary/aromatic N) is 2. The summed E-state index contributed by atoms with van der Waals surface area (Å²) in [5.41, 5.74) is 9.71. The minimum Gasteiger partial charge on any atom is -0.309 e. The van der Waals surface area contributed by atoms with E-state index < -0.39 is 0 Å². The van der Waals surface area contributed by atoms with E-state index in [9.17, 15) is 0 Å². The molecule has 3 heterocycles. The van der Waals surface area contributed by atoms with Gasteiger partial charge < -0.3 is 9.13 Å². The molecule has 45 heavy (non-hydrogen) atoms. The first kappa shape index (κ1) is 24.8. The molecule has 10 rings (SSSR count). The van der Waals surface area contributed by atoms with Crippen molar-refractivity contribution >= 4 is 75.1 Å². The van der Waals surface area contributed by atoms with Crippen molar-refractivity contribution in [2.75, 3.05) is 0 Å². The number of benzene rings is 7. The van der Waals surface area contributed by atoms with Gasteiger partial charge in [-0.3, -0.25) is 0 Å². The maximum Gasteiger partial charge on any atom is 0.0548 e. The Morgan fingerprint density at radius 3 is 1.64 bits per heavy atom. The Morgan fingerprint density at radius 2 is 0.889 bits per heavy atom. The molecule has 210 valence electrons. The molecule has 0 N–H and O–H groups in total. The van der Waals surface area contributed by atoms with Crippen molar-refractivity contribution in [3.05, 3.63) is 158 Å². The predicted molar refractivity (Wildman–Crippen MR) is 193 cm³/mol. The fraction of sp³-hybridized carbons (Fsp3) is 0. The van der Waals surface area contributed by atoms with Gasteiger partial charge in [-0.2, -0.15) is 0 Å². The highest BCUT2D eigenvalue weighted by Crippen LogP contribution is 2.44. The molecule has 0 atom stereocenters. The zero-order chi connectivity index (χ0) is 29.5. The first-order chi connectivity index (χ1) is 22.3. The van der Waals surface area contributed by atoms with Gasteiger partial charge in [-0.1, -0.05) is 91.0 Å². The SMILES string of the molecule is c1ccc(-n2c3ccc(-c4ccc(-n5c6ccccc6c6ccccc65)cc4)cc3c3c4c(ccc32)sc2ccccc24)cc1. The van der Waals surface area contributed by atoms with Crippen LogP contribution in [0.4, 0.5) is 0 Å². The van der Waals surface area contributed by atoms with Crippen molar-refractivity contribution in [3.63, 3.8) is 0 Å². The van der Waals surface area contributed by atoms with Crippen LogP contribution >= 0.6 is 11.3 Å². The van der Waals surface area contributed by atoms with E-state index in [-0.39, 0.29) is 0 Å². The molecule has 0 aliphatic carbocycles. The summed E-state index contributed by atoms with van der Waals surface area (Å²) in [5.74, 6) is 0. The third-order valence-corrected chi connectivity index (χ3v) is 10.5. The lowest BCUT2D eigenvalue weighted by molar-refractivity contribution is 1.18. The van der Waals surface area contributed by atoms with Gasteiger partial charge in [0, 0.05) is 53.1 Å².